The molecule has 15 nitrogen and oxygen atoms in total. The van der Waals surface area contributed by atoms with Crippen molar-refractivity contribution in [1.82, 2.24) is 20.4 Å². The van der Waals surface area contributed by atoms with Gasteiger partial charge in [0.2, 0.25) is 23.6 Å². The van der Waals surface area contributed by atoms with Crippen LogP contribution in [0.4, 0.5) is 19.7 Å². The Bertz CT molecular complexity index is 2030. The van der Waals surface area contributed by atoms with Crippen molar-refractivity contribution in [2.24, 2.45) is 23.3 Å². The fourth-order valence-corrected chi connectivity index (χ4v) is 10.0. The number of carbonyl (C=O) groups is 6. The molecule has 0 aliphatic carbocycles. The number of nitrogens with two attached hydrogens (primary N) is 2. The Morgan fingerprint density at radius 3 is 1.35 bits per heavy atom. The van der Waals surface area contributed by atoms with E-state index in [0.717, 1.165) is 16.8 Å². The number of anilines is 1. The maximum atomic E-state index is 14.3. The van der Waals surface area contributed by atoms with Crippen molar-refractivity contribution in [1.29, 1.82) is 0 Å². The van der Waals surface area contributed by atoms with Gasteiger partial charge >= 0.3 is 12.2 Å². The molecule has 3 aliphatic rings. The van der Waals surface area contributed by atoms with Crippen LogP contribution in [0.25, 0.3) is 0 Å². The third-order valence-corrected chi connectivity index (χ3v) is 13.7. The van der Waals surface area contributed by atoms with E-state index in [1.807, 2.05) is 38.1 Å². The van der Waals surface area contributed by atoms with E-state index >= 15 is 0 Å². The summed E-state index contributed by atoms with van der Waals surface area (Å²) in [4.78, 5) is 83.4. The van der Waals surface area contributed by atoms with Gasteiger partial charge in [0.1, 0.15) is 29.0 Å². The number of hydrogen-bond donors (Lipinski definition) is 6. The minimum atomic E-state index is -1.48. The number of primary amides is 2. The molecule has 3 aliphatic heterocycles. The summed E-state index contributed by atoms with van der Waals surface area (Å²) in [5.74, 6) is -3.49. The Morgan fingerprint density at radius 2 is 1.03 bits per heavy atom. The van der Waals surface area contributed by atoms with E-state index in [9.17, 15) is 43.4 Å². The molecule has 3 aromatic carbocycles. The van der Waals surface area contributed by atoms with Gasteiger partial charge in [0.05, 0.1) is 12.1 Å². The lowest BCUT2D eigenvalue weighted by molar-refractivity contribution is -0.146. The van der Waals surface area contributed by atoms with Crippen LogP contribution in [0.15, 0.2) is 72.8 Å². The summed E-state index contributed by atoms with van der Waals surface area (Å²) in [7, 11) is 0. The van der Waals surface area contributed by atoms with Crippen LogP contribution in [0.1, 0.15) is 113 Å². The average Bonchev–Trinajstić information content (AvgIpc) is 4.03. The van der Waals surface area contributed by atoms with Gasteiger partial charge in [-0.25, -0.2) is 14.0 Å². The monoisotopic (exact) mass is 855 g/mol. The lowest BCUT2D eigenvalue weighted by Crippen LogP contribution is -2.59. The quantitative estimate of drug-likeness (QED) is 0.107. The van der Waals surface area contributed by atoms with Crippen molar-refractivity contribution < 1.29 is 43.4 Å². The van der Waals surface area contributed by atoms with Gasteiger partial charge in [0.25, 0.3) is 0 Å². The first-order valence-electron chi connectivity index (χ1n) is 21.5. The van der Waals surface area contributed by atoms with E-state index in [2.05, 4.69) is 15.5 Å². The molecule has 16 heteroatoms. The van der Waals surface area contributed by atoms with E-state index in [-0.39, 0.29) is 49.9 Å². The summed E-state index contributed by atoms with van der Waals surface area (Å²) in [6.45, 7) is 7.74. The highest BCUT2D eigenvalue weighted by Crippen LogP contribution is 2.49. The molecule has 0 radical (unpaired) electrons. The minimum Gasteiger partial charge on any atom is -0.465 e. The van der Waals surface area contributed by atoms with Gasteiger partial charge in [0.15, 0.2) is 0 Å². The summed E-state index contributed by atoms with van der Waals surface area (Å²) in [6.07, 6.45) is 1.30. The van der Waals surface area contributed by atoms with E-state index in [1.165, 1.54) is 21.9 Å². The van der Waals surface area contributed by atoms with E-state index in [0.29, 0.717) is 49.7 Å². The molecule has 3 saturated heterocycles. The van der Waals surface area contributed by atoms with Gasteiger partial charge in [-0.05, 0) is 96.9 Å². The number of amides is 6. The van der Waals surface area contributed by atoms with Crippen LogP contribution in [0.5, 0.6) is 0 Å². The molecule has 0 bridgehead atoms. The Balaban J connectivity index is 1.32. The second-order valence-electron chi connectivity index (χ2n) is 17.0. The standard InChI is InChI=1S/C46H58FN7O8/c1-5-27(3)37(50-43(59)60)39(55)52-25-7-23-45(52,41(48)57)31-13-9-29(10-14-31)35-21-22-36(54(35)34-19-17-33(47)18-20-34)30-11-15-32(16-12-30)46(42(49)58)24-8-26-53(46)40(56)38(28(4)6-2)51-44(61)62/h9-20,27-28,35-38,50-51H,5-8,21-26H2,1-4H3,(H2,48,57)(H2,49,58)(H,59,60)(H,61,62)/t27-,28-,35+,36+,37-,38-,45-,46-/m0/s1. The molecular formula is C46H58FN7O8. The topological polar surface area (TPSA) is 229 Å². The van der Waals surface area contributed by atoms with Crippen molar-refractivity contribution >= 4 is 41.5 Å². The molecular weight excluding hydrogens is 798 g/mol. The average molecular weight is 856 g/mol. The second kappa shape index (κ2) is 18.4. The van der Waals surface area contributed by atoms with E-state index in [4.69, 9.17) is 11.5 Å². The number of halogens is 1. The fourth-order valence-electron chi connectivity index (χ4n) is 10.0. The molecule has 8 atom stereocenters. The zero-order chi connectivity index (χ0) is 45.1. The van der Waals surface area contributed by atoms with Crippen LogP contribution in [0.2, 0.25) is 0 Å². The SMILES string of the molecule is CC[C@H](C)[C@H](NC(=O)O)C(=O)N1CCC[C@@]1(C(N)=O)c1ccc([C@H]2CC[C@H](c3ccc([C@]4(C(N)=O)CCCN4C(=O)[C@@H](NC(=O)O)[C@@H](C)CC)cc3)N2c2ccc(F)cc2)cc1. The van der Waals surface area contributed by atoms with Crippen LogP contribution in [-0.4, -0.2) is 81.0 Å². The Hall–Kier alpha value is -6.19. The zero-order valence-electron chi connectivity index (χ0n) is 35.7. The number of benzene rings is 3. The maximum Gasteiger partial charge on any atom is 0.405 e. The van der Waals surface area contributed by atoms with Crippen molar-refractivity contribution in [2.45, 2.75) is 114 Å². The lowest BCUT2D eigenvalue weighted by Gasteiger charge is -2.39. The van der Waals surface area contributed by atoms with Crippen molar-refractivity contribution in [3.63, 3.8) is 0 Å². The molecule has 3 heterocycles. The number of carboxylic acid groups (broad SMARTS) is 2. The smallest absolute Gasteiger partial charge is 0.405 e. The van der Waals surface area contributed by atoms with Crippen LogP contribution in [0, 0.1) is 17.7 Å². The van der Waals surface area contributed by atoms with Gasteiger partial charge in [-0.3, -0.25) is 19.2 Å². The zero-order valence-corrected chi connectivity index (χ0v) is 35.7. The Morgan fingerprint density at radius 1 is 0.661 bits per heavy atom. The second-order valence-corrected chi connectivity index (χ2v) is 17.0. The van der Waals surface area contributed by atoms with Gasteiger partial charge in [-0.15, -0.1) is 0 Å². The third-order valence-electron chi connectivity index (χ3n) is 13.7. The van der Waals surface area contributed by atoms with Gasteiger partial charge < -0.3 is 47.0 Å². The molecule has 0 unspecified atom stereocenters. The van der Waals surface area contributed by atoms with Crippen LogP contribution in [0.3, 0.4) is 0 Å². The number of hydrogen-bond acceptors (Lipinski definition) is 7. The van der Waals surface area contributed by atoms with Crippen molar-refractivity contribution in [3.05, 3.63) is 101 Å². The summed E-state index contributed by atoms with van der Waals surface area (Å²) >= 11 is 0. The molecule has 62 heavy (non-hydrogen) atoms. The van der Waals surface area contributed by atoms with Gasteiger partial charge in [-0.1, -0.05) is 89.1 Å². The fraction of sp³-hybridized carbons (Fsp3) is 0.478. The van der Waals surface area contributed by atoms with Gasteiger partial charge in [0, 0.05) is 18.8 Å². The summed E-state index contributed by atoms with van der Waals surface area (Å²) in [5.41, 5.74) is 12.9. The van der Waals surface area contributed by atoms with E-state index in [1.54, 1.807) is 50.2 Å². The molecule has 332 valence electrons. The molecule has 3 fully saturated rings. The Kier molecular flexibility index (Phi) is 13.5. The minimum absolute atomic E-state index is 0.210. The summed E-state index contributed by atoms with van der Waals surface area (Å²) in [6, 6.07) is 18.5. The number of rotatable bonds is 15. The highest BCUT2D eigenvalue weighted by molar-refractivity contribution is 5.96. The molecule has 0 aromatic heterocycles. The Labute approximate surface area is 361 Å². The lowest BCUT2D eigenvalue weighted by atomic mass is 9.84. The third kappa shape index (κ3) is 8.26. The van der Waals surface area contributed by atoms with Crippen LogP contribution in [-0.2, 0) is 30.3 Å². The van der Waals surface area contributed by atoms with Crippen molar-refractivity contribution in [2.75, 3.05) is 18.0 Å². The number of nitrogens with zero attached hydrogens (tertiary/aromatic N) is 3. The molecule has 6 rings (SSSR count). The first-order valence-corrected chi connectivity index (χ1v) is 21.5. The predicted octanol–water partition coefficient (Wildman–Crippen LogP) is 5.88. The summed E-state index contributed by atoms with van der Waals surface area (Å²) < 4.78 is 14.3. The highest BCUT2D eigenvalue weighted by Gasteiger charge is 2.53. The van der Waals surface area contributed by atoms with Gasteiger partial charge in [-0.2, -0.15) is 0 Å². The molecule has 0 saturated carbocycles. The number of nitrogens with one attached hydrogen (secondary N) is 2. The normalized spacial score (nSPS) is 24.2. The van der Waals surface area contributed by atoms with E-state index < -0.39 is 64.8 Å². The summed E-state index contributed by atoms with van der Waals surface area (Å²) in [5, 5.41) is 23.8. The highest BCUT2D eigenvalue weighted by atomic mass is 19.1. The largest absolute Gasteiger partial charge is 0.465 e. The molecule has 6 amide bonds. The van der Waals surface area contributed by atoms with Crippen molar-refractivity contribution in [3.8, 4) is 0 Å². The van der Waals surface area contributed by atoms with Crippen LogP contribution < -0.4 is 27.0 Å². The predicted molar refractivity (Wildman–Crippen MR) is 229 cm³/mol. The molecule has 0 spiro atoms. The molecule has 3 aromatic rings. The maximum absolute atomic E-state index is 14.3. The number of likely N-dealkylation sites (tertiary alicyclic amines) is 2. The van der Waals surface area contributed by atoms with Crippen LogP contribution >= 0.6 is 0 Å². The number of carbonyl (C=O) groups excluding carboxylic acids is 4. The first-order chi connectivity index (χ1) is 29.5. The molecule has 8 N–H and O–H groups in total. The first kappa shape index (κ1) is 45.3.